The highest BCUT2D eigenvalue weighted by Crippen LogP contribution is 2.36. The van der Waals surface area contributed by atoms with Crippen molar-refractivity contribution in [1.82, 2.24) is 14.9 Å². The second-order valence-corrected chi connectivity index (χ2v) is 6.21. The van der Waals surface area contributed by atoms with Crippen LogP contribution in [0.2, 0.25) is 0 Å². The number of aromatic nitrogens is 2. The predicted molar refractivity (Wildman–Crippen MR) is 105 cm³/mol. The van der Waals surface area contributed by atoms with Gasteiger partial charge in [0.2, 0.25) is 0 Å². The highest BCUT2D eigenvalue weighted by molar-refractivity contribution is 6.09. The molecule has 1 N–H and O–H groups in total. The Morgan fingerprint density at radius 2 is 1.96 bits per heavy atom. The van der Waals surface area contributed by atoms with Crippen molar-refractivity contribution in [3.05, 3.63) is 30.1 Å². The molecule has 136 valence electrons. The molecule has 1 aromatic carbocycles. The molecule has 2 heterocycles. The molecule has 0 aliphatic heterocycles. The van der Waals surface area contributed by atoms with E-state index >= 15 is 0 Å². The van der Waals surface area contributed by atoms with E-state index in [4.69, 9.17) is 9.47 Å². The van der Waals surface area contributed by atoms with Crippen molar-refractivity contribution in [2.24, 2.45) is 0 Å². The van der Waals surface area contributed by atoms with Crippen molar-refractivity contribution in [1.29, 1.82) is 0 Å². The van der Waals surface area contributed by atoms with Gasteiger partial charge in [-0.15, -0.1) is 12.4 Å². The van der Waals surface area contributed by atoms with Gasteiger partial charge in [-0.25, -0.2) is 0 Å². The average molecular weight is 364 g/mol. The number of rotatable bonds is 7. The minimum absolute atomic E-state index is 0. The second-order valence-electron chi connectivity index (χ2n) is 6.21. The first-order valence-electron chi connectivity index (χ1n) is 8.39. The summed E-state index contributed by atoms with van der Waals surface area (Å²) < 4.78 is 11.5. The third-order valence-corrected chi connectivity index (χ3v) is 4.21. The summed E-state index contributed by atoms with van der Waals surface area (Å²) in [5, 5.41) is 2.31. The molecule has 0 radical (unpaired) electrons. The number of aromatic amines is 1. The molecular formula is C19H26ClN3O2. The van der Waals surface area contributed by atoms with Crippen LogP contribution in [0.4, 0.5) is 0 Å². The fourth-order valence-electron chi connectivity index (χ4n) is 3.03. The quantitative estimate of drug-likeness (QED) is 0.643. The van der Waals surface area contributed by atoms with Gasteiger partial charge in [-0.3, -0.25) is 4.98 Å². The zero-order valence-corrected chi connectivity index (χ0v) is 16.1. The van der Waals surface area contributed by atoms with Gasteiger partial charge in [-0.05, 0) is 39.1 Å². The van der Waals surface area contributed by atoms with E-state index in [2.05, 4.69) is 42.0 Å². The van der Waals surface area contributed by atoms with E-state index < -0.39 is 0 Å². The molecule has 2 aromatic heterocycles. The van der Waals surface area contributed by atoms with Gasteiger partial charge in [0.05, 0.1) is 24.9 Å². The number of nitrogens with one attached hydrogen (secondary N) is 1. The van der Waals surface area contributed by atoms with E-state index in [1.165, 1.54) is 5.39 Å². The first-order chi connectivity index (χ1) is 11.6. The number of hydrogen-bond donors (Lipinski definition) is 1. The van der Waals surface area contributed by atoms with Crippen LogP contribution >= 0.6 is 12.4 Å². The molecule has 6 heteroatoms. The number of nitrogens with zero attached hydrogens (tertiary/aromatic N) is 2. The molecular weight excluding hydrogens is 338 g/mol. The number of ether oxygens (including phenoxy) is 2. The van der Waals surface area contributed by atoms with E-state index in [-0.39, 0.29) is 12.4 Å². The van der Waals surface area contributed by atoms with Crippen LogP contribution in [0.3, 0.4) is 0 Å². The summed E-state index contributed by atoms with van der Waals surface area (Å²) in [6.07, 6.45) is 3.73. The molecule has 3 rings (SSSR count). The summed E-state index contributed by atoms with van der Waals surface area (Å²) in [6.45, 7) is 3.80. The first kappa shape index (κ1) is 19.3. The van der Waals surface area contributed by atoms with Crippen LogP contribution in [0.1, 0.15) is 19.0 Å². The maximum Gasteiger partial charge on any atom is 0.163 e. The zero-order chi connectivity index (χ0) is 17.1. The number of pyridine rings is 1. The molecule has 0 amide bonds. The van der Waals surface area contributed by atoms with Crippen molar-refractivity contribution in [3.8, 4) is 11.5 Å². The van der Waals surface area contributed by atoms with Gasteiger partial charge >= 0.3 is 0 Å². The monoisotopic (exact) mass is 363 g/mol. The Bertz CT molecular complexity index is 845. The topological polar surface area (TPSA) is 50.4 Å². The molecule has 0 aliphatic rings. The van der Waals surface area contributed by atoms with Crippen molar-refractivity contribution < 1.29 is 9.47 Å². The number of halogens is 1. The Labute approximate surface area is 154 Å². The molecule has 3 aromatic rings. The highest BCUT2D eigenvalue weighted by atomic mass is 35.5. The lowest BCUT2D eigenvalue weighted by atomic mass is 10.1. The van der Waals surface area contributed by atoms with E-state index in [0.717, 1.165) is 53.0 Å². The average Bonchev–Trinajstić information content (AvgIpc) is 2.95. The second kappa shape index (κ2) is 8.41. The van der Waals surface area contributed by atoms with Crippen LogP contribution < -0.4 is 9.47 Å². The molecule has 0 saturated heterocycles. The largest absolute Gasteiger partial charge is 0.493 e. The van der Waals surface area contributed by atoms with Crippen molar-refractivity contribution in [2.75, 3.05) is 34.4 Å². The van der Waals surface area contributed by atoms with Crippen LogP contribution in [0, 0.1) is 0 Å². The summed E-state index contributed by atoms with van der Waals surface area (Å²) in [6, 6.07) is 6.10. The Hall–Kier alpha value is -1.98. The van der Waals surface area contributed by atoms with E-state index in [1.807, 2.05) is 18.3 Å². The van der Waals surface area contributed by atoms with E-state index in [9.17, 15) is 0 Å². The number of H-pyrrole nitrogens is 1. The highest BCUT2D eigenvalue weighted by Gasteiger charge is 2.14. The summed E-state index contributed by atoms with van der Waals surface area (Å²) >= 11 is 0. The van der Waals surface area contributed by atoms with E-state index in [1.54, 1.807) is 7.11 Å². The molecule has 0 saturated carbocycles. The Balaban J connectivity index is 0.00000225. The van der Waals surface area contributed by atoms with Gasteiger partial charge in [0.1, 0.15) is 0 Å². The minimum atomic E-state index is 0. The normalized spacial score (nSPS) is 11.1. The summed E-state index contributed by atoms with van der Waals surface area (Å²) in [7, 11) is 5.81. The molecule has 25 heavy (non-hydrogen) atoms. The maximum absolute atomic E-state index is 5.95. The van der Waals surface area contributed by atoms with Crippen molar-refractivity contribution >= 4 is 34.2 Å². The third kappa shape index (κ3) is 3.99. The molecule has 0 fully saturated rings. The lowest BCUT2D eigenvalue weighted by Gasteiger charge is -2.13. The summed E-state index contributed by atoms with van der Waals surface area (Å²) in [4.78, 5) is 10.1. The Morgan fingerprint density at radius 1 is 1.16 bits per heavy atom. The van der Waals surface area contributed by atoms with Gasteiger partial charge < -0.3 is 19.4 Å². The number of aryl methyl sites for hydroxylation is 1. The van der Waals surface area contributed by atoms with Crippen LogP contribution in [0.25, 0.3) is 21.8 Å². The van der Waals surface area contributed by atoms with Gasteiger partial charge in [0.15, 0.2) is 11.5 Å². The van der Waals surface area contributed by atoms with Crippen LogP contribution in [-0.4, -0.2) is 49.2 Å². The smallest absolute Gasteiger partial charge is 0.163 e. The first-order valence-corrected chi connectivity index (χ1v) is 8.39. The predicted octanol–water partition coefficient (Wildman–Crippen LogP) is 4.04. The summed E-state index contributed by atoms with van der Waals surface area (Å²) in [5.41, 5.74) is 3.25. The van der Waals surface area contributed by atoms with Crippen molar-refractivity contribution in [2.45, 2.75) is 19.8 Å². The molecule has 5 nitrogen and oxygen atoms in total. The SMILES string of the molecule is CCc1nccc2[nH]c3cc(OCCCN(C)C)c(OC)cc3c12.Cl. The third-order valence-electron chi connectivity index (χ3n) is 4.21. The molecule has 0 spiro atoms. The fraction of sp³-hybridized carbons (Fsp3) is 0.421. The standard InChI is InChI=1S/C19H25N3O2.ClH/c1-5-14-19-13-11-17(23-4)18(24-10-6-9-22(2)3)12-16(13)21-15(19)7-8-20-14;/h7-8,11-12,21H,5-6,9-10H2,1-4H3;1H. The van der Waals surface area contributed by atoms with Gasteiger partial charge in [-0.1, -0.05) is 6.92 Å². The van der Waals surface area contributed by atoms with E-state index in [0.29, 0.717) is 6.61 Å². The number of hydrogen-bond acceptors (Lipinski definition) is 4. The molecule has 0 unspecified atom stereocenters. The van der Waals surface area contributed by atoms with Crippen LogP contribution in [0.15, 0.2) is 24.4 Å². The van der Waals surface area contributed by atoms with Crippen LogP contribution in [-0.2, 0) is 6.42 Å². The van der Waals surface area contributed by atoms with Crippen molar-refractivity contribution in [3.63, 3.8) is 0 Å². The van der Waals surface area contributed by atoms with Gasteiger partial charge in [0.25, 0.3) is 0 Å². The molecule has 0 aliphatic carbocycles. The molecule has 0 atom stereocenters. The van der Waals surface area contributed by atoms with Gasteiger partial charge in [0, 0.05) is 35.1 Å². The zero-order valence-electron chi connectivity index (χ0n) is 15.3. The minimum Gasteiger partial charge on any atom is -0.493 e. The fourth-order valence-corrected chi connectivity index (χ4v) is 3.03. The summed E-state index contributed by atoms with van der Waals surface area (Å²) in [5.74, 6) is 1.54. The van der Waals surface area contributed by atoms with Gasteiger partial charge in [-0.2, -0.15) is 0 Å². The number of fused-ring (bicyclic) bond motifs is 3. The number of benzene rings is 1. The Kier molecular flexibility index (Phi) is 6.51. The van der Waals surface area contributed by atoms with Crippen LogP contribution in [0.5, 0.6) is 11.5 Å². The Morgan fingerprint density at radius 3 is 2.64 bits per heavy atom. The lowest BCUT2D eigenvalue weighted by Crippen LogP contribution is -2.15. The maximum atomic E-state index is 5.95. The number of methoxy groups -OCH3 is 1. The lowest BCUT2D eigenvalue weighted by molar-refractivity contribution is 0.268. The molecule has 0 bridgehead atoms.